The van der Waals surface area contributed by atoms with E-state index in [1.54, 1.807) is 22.0 Å². The van der Waals surface area contributed by atoms with Crippen LogP contribution in [0.15, 0.2) is 48.8 Å². The van der Waals surface area contributed by atoms with Crippen LogP contribution in [0.4, 0.5) is 11.6 Å². The maximum absolute atomic E-state index is 13.6. The van der Waals surface area contributed by atoms with E-state index >= 15 is 0 Å². The lowest BCUT2D eigenvalue weighted by atomic mass is 10.0. The van der Waals surface area contributed by atoms with Crippen molar-refractivity contribution in [3.8, 4) is 0 Å². The van der Waals surface area contributed by atoms with E-state index in [2.05, 4.69) is 15.1 Å². The van der Waals surface area contributed by atoms with E-state index in [1.165, 1.54) is 12.8 Å². The van der Waals surface area contributed by atoms with Gasteiger partial charge in [-0.15, -0.1) is 0 Å². The Kier molecular flexibility index (Phi) is 4.62. The average Bonchev–Trinajstić information content (AvgIpc) is 3.40. The van der Waals surface area contributed by atoms with Gasteiger partial charge in [-0.2, -0.15) is 5.10 Å². The molecule has 0 radical (unpaired) electrons. The third-order valence-corrected chi connectivity index (χ3v) is 6.48. The van der Waals surface area contributed by atoms with Crippen LogP contribution in [0.5, 0.6) is 0 Å². The molecule has 0 bridgehead atoms. The van der Waals surface area contributed by atoms with Crippen molar-refractivity contribution in [2.75, 3.05) is 10.6 Å². The van der Waals surface area contributed by atoms with Gasteiger partial charge in [0.2, 0.25) is 0 Å². The number of aromatic nitrogens is 4. The van der Waals surface area contributed by atoms with Crippen LogP contribution >= 0.6 is 0 Å². The van der Waals surface area contributed by atoms with Crippen LogP contribution < -0.4 is 10.6 Å². The Morgan fingerprint density at radius 2 is 2.03 bits per heavy atom. The maximum atomic E-state index is 13.6. The number of carbonyl (C=O) groups excluding carboxylic acids is 1. The molecule has 1 aromatic carbocycles. The van der Waals surface area contributed by atoms with Gasteiger partial charge in [0.25, 0.3) is 5.91 Å². The van der Waals surface area contributed by atoms with E-state index < -0.39 is 0 Å². The summed E-state index contributed by atoms with van der Waals surface area (Å²) in [6.07, 6.45) is 5.73. The Morgan fingerprint density at radius 1 is 1.18 bits per heavy atom. The molecule has 1 aliphatic heterocycles. The molecule has 0 spiro atoms. The van der Waals surface area contributed by atoms with Gasteiger partial charge in [-0.25, -0.2) is 4.98 Å². The first-order valence-electron chi connectivity index (χ1n) is 11.1. The summed E-state index contributed by atoms with van der Waals surface area (Å²) in [5.74, 6) is 1.64. The van der Waals surface area contributed by atoms with E-state index in [0.717, 1.165) is 33.3 Å². The third-order valence-electron chi connectivity index (χ3n) is 6.48. The molecular weight excluding hydrogens is 416 g/mol. The minimum Gasteiger partial charge on any atom is -0.383 e. The van der Waals surface area contributed by atoms with Crippen LogP contribution in [-0.2, 0) is 31.5 Å². The summed E-state index contributed by atoms with van der Waals surface area (Å²) in [7, 11) is 1.83. The Labute approximate surface area is 191 Å². The molecule has 2 aliphatic rings. The second-order valence-corrected chi connectivity index (χ2v) is 8.75. The Hall–Kier alpha value is -3.78. The minimum atomic E-state index is -0.122. The van der Waals surface area contributed by atoms with Crippen molar-refractivity contribution >= 4 is 28.4 Å². The molecule has 166 valence electrons. The molecular formula is C25H24N6O2. The molecule has 0 atom stereocenters. The standard InChI is InChI=1S/C25H24N6O2/c1-30-23(8-9-28-30)31(25(32)17-5-7-21(27-11-17)16-3-4-16)12-15-2-6-18-19-13-33-14-20(19)24(26)29-22(18)10-15/h2,5-11,16H,3-4,12-14H2,1H3,(H2,26,29). The number of ether oxygens (including phenoxy) is 1. The highest BCUT2D eigenvalue weighted by Crippen LogP contribution is 2.38. The fourth-order valence-electron chi connectivity index (χ4n) is 4.50. The number of rotatable bonds is 5. The van der Waals surface area contributed by atoms with Gasteiger partial charge in [-0.05, 0) is 42.2 Å². The van der Waals surface area contributed by atoms with Gasteiger partial charge in [0, 0.05) is 41.9 Å². The molecule has 0 saturated heterocycles. The van der Waals surface area contributed by atoms with Gasteiger partial charge >= 0.3 is 0 Å². The van der Waals surface area contributed by atoms with E-state index in [9.17, 15) is 4.79 Å². The van der Waals surface area contributed by atoms with Gasteiger partial charge in [-0.1, -0.05) is 12.1 Å². The molecule has 3 aromatic heterocycles. The maximum Gasteiger partial charge on any atom is 0.261 e. The van der Waals surface area contributed by atoms with Gasteiger partial charge < -0.3 is 10.5 Å². The van der Waals surface area contributed by atoms with Crippen LogP contribution in [0.1, 0.15) is 51.5 Å². The molecule has 4 aromatic rings. The SMILES string of the molecule is Cn1nccc1N(Cc1ccc2c3c(c(N)nc2c1)COC3)C(=O)c1ccc(C2CC2)nc1. The fourth-order valence-corrected chi connectivity index (χ4v) is 4.50. The largest absolute Gasteiger partial charge is 0.383 e. The van der Waals surface area contributed by atoms with E-state index in [4.69, 9.17) is 10.5 Å². The van der Waals surface area contributed by atoms with Gasteiger partial charge in [0.05, 0.1) is 37.0 Å². The summed E-state index contributed by atoms with van der Waals surface area (Å²) in [4.78, 5) is 24.4. The van der Waals surface area contributed by atoms with Gasteiger partial charge in [0.1, 0.15) is 11.6 Å². The molecule has 0 unspecified atom stereocenters. The number of aryl methyl sites for hydroxylation is 1. The lowest BCUT2D eigenvalue weighted by Crippen LogP contribution is -2.32. The molecule has 1 aliphatic carbocycles. The number of nitrogens with zero attached hydrogens (tertiary/aromatic N) is 5. The Balaban J connectivity index is 1.36. The van der Waals surface area contributed by atoms with Crippen LogP contribution in [0, 0.1) is 0 Å². The smallest absolute Gasteiger partial charge is 0.261 e. The van der Waals surface area contributed by atoms with Crippen molar-refractivity contribution in [3.63, 3.8) is 0 Å². The number of benzene rings is 1. The number of hydrogen-bond acceptors (Lipinski definition) is 6. The first-order chi connectivity index (χ1) is 16.1. The zero-order valence-corrected chi connectivity index (χ0v) is 18.4. The zero-order valence-electron chi connectivity index (χ0n) is 18.4. The average molecular weight is 441 g/mol. The molecule has 1 saturated carbocycles. The summed E-state index contributed by atoms with van der Waals surface area (Å²) in [6, 6.07) is 11.8. The molecule has 8 nitrogen and oxygen atoms in total. The van der Waals surface area contributed by atoms with E-state index in [1.807, 2.05) is 43.4 Å². The highest BCUT2D eigenvalue weighted by atomic mass is 16.5. The van der Waals surface area contributed by atoms with Crippen molar-refractivity contribution < 1.29 is 9.53 Å². The lowest BCUT2D eigenvalue weighted by molar-refractivity contribution is 0.0983. The van der Waals surface area contributed by atoms with Crippen LogP contribution in [-0.4, -0.2) is 25.7 Å². The summed E-state index contributed by atoms with van der Waals surface area (Å²) < 4.78 is 7.28. The normalized spacial score (nSPS) is 15.1. The highest BCUT2D eigenvalue weighted by molar-refractivity contribution is 6.05. The van der Waals surface area contributed by atoms with Crippen LogP contribution in [0.2, 0.25) is 0 Å². The number of hydrogen-bond donors (Lipinski definition) is 1. The molecule has 33 heavy (non-hydrogen) atoms. The lowest BCUT2D eigenvalue weighted by Gasteiger charge is -2.23. The number of fused-ring (bicyclic) bond motifs is 3. The quantitative estimate of drug-likeness (QED) is 0.508. The predicted octanol–water partition coefficient (Wildman–Crippen LogP) is 3.70. The number of amides is 1. The number of nitrogens with two attached hydrogens (primary N) is 1. The first kappa shape index (κ1) is 19.9. The topological polar surface area (TPSA) is 99.2 Å². The van der Waals surface area contributed by atoms with Crippen molar-refractivity contribution in [2.45, 2.75) is 38.5 Å². The predicted molar refractivity (Wildman–Crippen MR) is 125 cm³/mol. The number of nitrogen functional groups attached to an aromatic ring is 1. The molecule has 2 N–H and O–H groups in total. The van der Waals surface area contributed by atoms with Crippen molar-refractivity contribution in [1.82, 2.24) is 19.7 Å². The molecule has 8 heteroatoms. The number of pyridine rings is 2. The van der Waals surface area contributed by atoms with Crippen LogP contribution in [0.3, 0.4) is 0 Å². The second-order valence-electron chi connectivity index (χ2n) is 8.75. The molecule has 6 rings (SSSR count). The summed E-state index contributed by atoms with van der Waals surface area (Å²) in [5, 5.41) is 5.31. The summed E-state index contributed by atoms with van der Waals surface area (Å²) >= 11 is 0. The number of anilines is 2. The minimum absolute atomic E-state index is 0.122. The van der Waals surface area contributed by atoms with E-state index in [-0.39, 0.29) is 5.91 Å². The van der Waals surface area contributed by atoms with Crippen molar-refractivity contribution in [2.24, 2.45) is 7.05 Å². The molecule has 4 heterocycles. The van der Waals surface area contributed by atoms with Gasteiger partial charge in [-0.3, -0.25) is 19.4 Å². The molecule has 1 amide bonds. The van der Waals surface area contributed by atoms with Crippen molar-refractivity contribution in [3.05, 3.63) is 76.7 Å². The van der Waals surface area contributed by atoms with Gasteiger partial charge in [0.15, 0.2) is 0 Å². The van der Waals surface area contributed by atoms with Crippen LogP contribution in [0.25, 0.3) is 10.9 Å². The Bertz CT molecular complexity index is 1370. The highest BCUT2D eigenvalue weighted by Gasteiger charge is 2.26. The Morgan fingerprint density at radius 3 is 2.76 bits per heavy atom. The zero-order chi connectivity index (χ0) is 22.5. The van der Waals surface area contributed by atoms with Crippen molar-refractivity contribution in [1.29, 1.82) is 0 Å². The third kappa shape index (κ3) is 3.52. The fraction of sp³-hybridized carbons (Fsp3) is 0.280. The second kappa shape index (κ2) is 7.67. The summed E-state index contributed by atoms with van der Waals surface area (Å²) in [5.41, 5.74) is 11.6. The van der Waals surface area contributed by atoms with E-state index in [0.29, 0.717) is 42.9 Å². The first-order valence-corrected chi connectivity index (χ1v) is 11.1. The summed E-state index contributed by atoms with van der Waals surface area (Å²) in [6.45, 7) is 1.41. The number of carbonyl (C=O) groups is 1. The molecule has 1 fully saturated rings. The monoisotopic (exact) mass is 440 g/mol.